The van der Waals surface area contributed by atoms with E-state index in [2.05, 4.69) is 34.6 Å². The van der Waals surface area contributed by atoms with Crippen molar-refractivity contribution in [3.8, 4) is 0 Å². The van der Waals surface area contributed by atoms with Crippen LogP contribution in [0.1, 0.15) is 98.8 Å². The Morgan fingerprint density at radius 1 is 0.774 bits per heavy atom. The molecule has 0 fully saturated rings. The minimum Gasteiger partial charge on any atom is -0.504 e. The predicted molar refractivity (Wildman–Crippen MR) is 130 cm³/mol. The SMILES string of the molecule is CC(C)CN.CC(C)CN.CCCCCCCCCCCC1=C(O)C(=O)C=C(O)C1=O. The van der Waals surface area contributed by atoms with Crippen LogP contribution in [0, 0.1) is 11.8 Å². The monoisotopic (exact) mass is 440 g/mol. The molecule has 0 spiro atoms. The van der Waals surface area contributed by atoms with Gasteiger partial charge in [-0.25, -0.2) is 0 Å². The maximum absolute atomic E-state index is 11.7. The Morgan fingerprint density at radius 2 is 1.16 bits per heavy atom. The van der Waals surface area contributed by atoms with Gasteiger partial charge in [0.05, 0.1) is 0 Å². The molecular formula is C25H48N2O4. The van der Waals surface area contributed by atoms with Gasteiger partial charge in [0.2, 0.25) is 11.6 Å². The Labute approximate surface area is 190 Å². The lowest BCUT2D eigenvalue weighted by Crippen LogP contribution is -2.19. The molecule has 0 radical (unpaired) electrons. The molecule has 1 aliphatic carbocycles. The number of hydrogen-bond acceptors (Lipinski definition) is 6. The number of allylic oxidation sites excluding steroid dienone is 2. The van der Waals surface area contributed by atoms with Crippen LogP contribution in [0.3, 0.4) is 0 Å². The van der Waals surface area contributed by atoms with Gasteiger partial charge in [0, 0.05) is 11.6 Å². The van der Waals surface area contributed by atoms with Crippen molar-refractivity contribution in [1.82, 2.24) is 0 Å². The third-order valence-electron chi connectivity index (χ3n) is 4.77. The normalized spacial score (nSPS) is 13.6. The first-order valence-electron chi connectivity index (χ1n) is 11.9. The fraction of sp³-hybridized carbons (Fsp3) is 0.760. The number of carbonyl (C=O) groups is 2. The molecule has 0 atom stereocenters. The molecule has 182 valence electrons. The fourth-order valence-electron chi connectivity index (χ4n) is 2.51. The van der Waals surface area contributed by atoms with Gasteiger partial charge in [-0.3, -0.25) is 9.59 Å². The van der Waals surface area contributed by atoms with Crippen molar-refractivity contribution in [2.45, 2.75) is 98.8 Å². The Hall–Kier alpha value is -1.66. The summed E-state index contributed by atoms with van der Waals surface area (Å²) in [6, 6.07) is 0. The lowest BCUT2D eigenvalue weighted by atomic mass is 9.94. The second-order valence-corrected chi connectivity index (χ2v) is 8.89. The third-order valence-corrected chi connectivity index (χ3v) is 4.77. The van der Waals surface area contributed by atoms with Crippen molar-refractivity contribution in [2.75, 3.05) is 13.1 Å². The number of rotatable bonds is 12. The molecule has 1 rings (SSSR count). The largest absolute Gasteiger partial charge is 0.504 e. The average molecular weight is 441 g/mol. The molecule has 0 aromatic heterocycles. The molecule has 0 saturated heterocycles. The minimum atomic E-state index is -0.682. The third kappa shape index (κ3) is 17.7. The molecule has 0 unspecified atom stereocenters. The zero-order valence-corrected chi connectivity index (χ0v) is 20.6. The number of nitrogens with two attached hydrogens (primary N) is 2. The number of carbonyl (C=O) groups excluding carboxylic acids is 2. The van der Waals surface area contributed by atoms with Gasteiger partial charge in [-0.05, 0) is 37.8 Å². The first kappa shape index (κ1) is 31.5. The highest BCUT2D eigenvalue weighted by Gasteiger charge is 2.27. The molecule has 0 aromatic rings. The average Bonchev–Trinajstić information content (AvgIpc) is 2.74. The van der Waals surface area contributed by atoms with Crippen LogP contribution in [0.5, 0.6) is 0 Å². The van der Waals surface area contributed by atoms with E-state index in [0.29, 0.717) is 18.3 Å². The molecule has 0 aliphatic heterocycles. The maximum Gasteiger partial charge on any atom is 0.227 e. The van der Waals surface area contributed by atoms with Crippen molar-refractivity contribution in [3.05, 3.63) is 23.2 Å². The van der Waals surface area contributed by atoms with E-state index in [1.165, 1.54) is 38.5 Å². The van der Waals surface area contributed by atoms with Crippen molar-refractivity contribution < 1.29 is 19.8 Å². The van der Waals surface area contributed by atoms with Crippen LogP contribution in [-0.2, 0) is 9.59 Å². The highest BCUT2D eigenvalue weighted by molar-refractivity contribution is 6.20. The molecule has 1 aliphatic rings. The van der Waals surface area contributed by atoms with Gasteiger partial charge >= 0.3 is 0 Å². The van der Waals surface area contributed by atoms with Crippen LogP contribution >= 0.6 is 0 Å². The Morgan fingerprint density at radius 3 is 1.55 bits per heavy atom. The standard InChI is InChI=1S/C17H26O4.2C4H11N/c1-2-3-4-5-6-7-8-9-10-11-13-16(20)14(18)12-15(19)17(13)21;2*1-4(2)3-5/h12,18,21H,2-11H2,1H3;2*4H,3,5H2,1-2H3. The summed E-state index contributed by atoms with van der Waals surface area (Å²) >= 11 is 0. The molecule has 6 heteroatoms. The van der Waals surface area contributed by atoms with Crippen molar-refractivity contribution in [1.29, 1.82) is 0 Å². The van der Waals surface area contributed by atoms with Crippen LogP contribution in [-0.4, -0.2) is 34.9 Å². The molecule has 6 N–H and O–H groups in total. The summed E-state index contributed by atoms with van der Waals surface area (Å²) in [6.07, 6.45) is 11.5. The van der Waals surface area contributed by atoms with Crippen LogP contribution in [0.15, 0.2) is 23.2 Å². The van der Waals surface area contributed by atoms with Gasteiger partial charge in [-0.2, -0.15) is 0 Å². The Balaban J connectivity index is 0. The smallest absolute Gasteiger partial charge is 0.227 e. The predicted octanol–water partition coefficient (Wildman–Crippen LogP) is 5.52. The summed E-state index contributed by atoms with van der Waals surface area (Å²) in [5.74, 6) is -1.05. The van der Waals surface area contributed by atoms with Crippen LogP contribution in [0.2, 0.25) is 0 Å². The Kier molecular flexibility index (Phi) is 20.6. The van der Waals surface area contributed by atoms with Crippen LogP contribution in [0.4, 0.5) is 0 Å². The molecule has 0 bridgehead atoms. The van der Waals surface area contributed by atoms with Gasteiger partial charge in [0.25, 0.3) is 0 Å². The summed E-state index contributed by atoms with van der Waals surface area (Å²) in [5, 5.41) is 18.9. The summed E-state index contributed by atoms with van der Waals surface area (Å²) < 4.78 is 0. The molecular weight excluding hydrogens is 392 g/mol. The van der Waals surface area contributed by atoms with Crippen molar-refractivity contribution in [3.63, 3.8) is 0 Å². The van der Waals surface area contributed by atoms with E-state index in [-0.39, 0.29) is 5.57 Å². The lowest BCUT2D eigenvalue weighted by molar-refractivity contribution is -0.119. The summed E-state index contributed by atoms with van der Waals surface area (Å²) in [4.78, 5) is 23.0. The van der Waals surface area contributed by atoms with E-state index >= 15 is 0 Å². The second kappa shape index (κ2) is 20.3. The second-order valence-electron chi connectivity index (χ2n) is 8.89. The van der Waals surface area contributed by atoms with E-state index in [1.54, 1.807) is 0 Å². The fourth-order valence-corrected chi connectivity index (χ4v) is 2.51. The van der Waals surface area contributed by atoms with Crippen molar-refractivity contribution >= 4 is 11.6 Å². The summed E-state index contributed by atoms with van der Waals surface area (Å²) in [5.41, 5.74) is 10.4. The lowest BCUT2D eigenvalue weighted by Gasteiger charge is -2.12. The van der Waals surface area contributed by atoms with E-state index in [4.69, 9.17) is 11.5 Å². The summed E-state index contributed by atoms with van der Waals surface area (Å²) in [7, 11) is 0. The van der Waals surface area contributed by atoms with Crippen LogP contribution < -0.4 is 11.5 Å². The quantitative estimate of drug-likeness (QED) is 0.234. The molecule has 0 saturated carbocycles. The first-order valence-corrected chi connectivity index (χ1v) is 11.9. The number of unbranched alkanes of at least 4 members (excludes halogenated alkanes) is 8. The molecule has 31 heavy (non-hydrogen) atoms. The van der Waals surface area contributed by atoms with Gasteiger partial charge in [0.15, 0.2) is 11.5 Å². The van der Waals surface area contributed by atoms with E-state index in [9.17, 15) is 19.8 Å². The van der Waals surface area contributed by atoms with Crippen LogP contribution in [0.25, 0.3) is 0 Å². The highest BCUT2D eigenvalue weighted by Crippen LogP contribution is 2.22. The number of aliphatic hydroxyl groups is 2. The topological polar surface area (TPSA) is 127 Å². The molecule has 0 amide bonds. The molecule has 0 heterocycles. The van der Waals surface area contributed by atoms with Crippen molar-refractivity contribution in [2.24, 2.45) is 23.3 Å². The minimum absolute atomic E-state index is 0.0583. The highest BCUT2D eigenvalue weighted by atomic mass is 16.3. The number of ketones is 2. The number of hydrogen-bond donors (Lipinski definition) is 4. The summed E-state index contributed by atoms with van der Waals surface area (Å²) in [6.45, 7) is 12.2. The van der Waals surface area contributed by atoms with Gasteiger partial charge in [-0.1, -0.05) is 86.0 Å². The van der Waals surface area contributed by atoms with E-state index in [1.807, 2.05) is 0 Å². The maximum atomic E-state index is 11.7. The zero-order chi connectivity index (χ0) is 24.2. The number of aliphatic hydroxyl groups excluding tert-OH is 2. The van der Waals surface area contributed by atoms with E-state index < -0.39 is 23.1 Å². The van der Waals surface area contributed by atoms with Gasteiger partial charge in [0.1, 0.15) is 0 Å². The van der Waals surface area contributed by atoms with E-state index in [0.717, 1.165) is 38.4 Å². The molecule has 0 aromatic carbocycles. The zero-order valence-electron chi connectivity index (χ0n) is 20.6. The van der Waals surface area contributed by atoms with Gasteiger partial charge in [-0.15, -0.1) is 0 Å². The molecule has 6 nitrogen and oxygen atoms in total. The first-order chi connectivity index (χ1) is 14.6. The van der Waals surface area contributed by atoms with Gasteiger partial charge < -0.3 is 21.7 Å². The Bertz CT molecular complexity index is 544. The number of Topliss-reactive ketones (excluding diaryl/α,β-unsaturated/α-hetero) is 1.